The molecule has 0 amide bonds. The fourth-order valence-electron chi connectivity index (χ4n) is 3.14. The summed E-state index contributed by atoms with van der Waals surface area (Å²) in [6.45, 7) is 7.62. The Morgan fingerprint density at radius 2 is 1.91 bits per heavy atom. The highest BCUT2D eigenvalue weighted by molar-refractivity contribution is 5.30. The van der Waals surface area contributed by atoms with Crippen molar-refractivity contribution < 1.29 is 4.52 Å². The standard InChI is InChI=1S/C18H24N2O2/c1-18(2,3)14-6-4-12(5-7-14)15-10-13(8-9-19-15)16-11-17(21)20-22-16/h4-7,11,13,15,19H,8-10H2,1-3H3,(H,20,21). The molecule has 2 N–H and O–H groups in total. The number of aromatic amines is 1. The van der Waals surface area contributed by atoms with Crippen LogP contribution < -0.4 is 10.9 Å². The van der Waals surface area contributed by atoms with Crippen LogP contribution in [0.5, 0.6) is 0 Å². The Morgan fingerprint density at radius 3 is 2.50 bits per heavy atom. The molecule has 2 unspecified atom stereocenters. The normalized spacial score (nSPS) is 22.7. The molecular formula is C18H24N2O2. The highest BCUT2D eigenvalue weighted by Gasteiger charge is 2.26. The summed E-state index contributed by atoms with van der Waals surface area (Å²) in [6.07, 6.45) is 1.95. The molecule has 4 nitrogen and oxygen atoms in total. The molecule has 1 aliphatic rings. The number of piperidine rings is 1. The van der Waals surface area contributed by atoms with Gasteiger partial charge in [0.15, 0.2) is 0 Å². The summed E-state index contributed by atoms with van der Waals surface area (Å²) in [5.74, 6) is 1.08. The third kappa shape index (κ3) is 3.17. The van der Waals surface area contributed by atoms with E-state index in [9.17, 15) is 4.79 Å². The summed E-state index contributed by atoms with van der Waals surface area (Å²) < 4.78 is 5.29. The first-order chi connectivity index (χ1) is 10.4. The summed E-state index contributed by atoms with van der Waals surface area (Å²) in [5.41, 5.74) is 2.67. The molecule has 22 heavy (non-hydrogen) atoms. The molecule has 2 aromatic rings. The van der Waals surface area contributed by atoms with E-state index in [0.717, 1.165) is 25.1 Å². The molecule has 1 fully saturated rings. The maximum atomic E-state index is 11.3. The molecule has 2 atom stereocenters. The zero-order valence-corrected chi connectivity index (χ0v) is 13.5. The van der Waals surface area contributed by atoms with Crippen LogP contribution in [0.3, 0.4) is 0 Å². The lowest BCUT2D eigenvalue weighted by atomic mass is 9.84. The number of H-pyrrole nitrogens is 1. The van der Waals surface area contributed by atoms with E-state index in [1.165, 1.54) is 11.1 Å². The second-order valence-corrected chi connectivity index (χ2v) is 7.22. The summed E-state index contributed by atoms with van der Waals surface area (Å²) in [6, 6.07) is 10.8. The zero-order chi connectivity index (χ0) is 15.7. The van der Waals surface area contributed by atoms with E-state index >= 15 is 0 Å². The summed E-state index contributed by atoms with van der Waals surface area (Å²) in [4.78, 5) is 11.3. The number of hydrogen-bond donors (Lipinski definition) is 2. The molecule has 1 saturated heterocycles. The lowest BCUT2D eigenvalue weighted by molar-refractivity contribution is 0.295. The smallest absolute Gasteiger partial charge is 0.280 e. The van der Waals surface area contributed by atoms with Crippen molar-refractivity contribution in [2.24, 2.45) is 0 Å². The van der Waals surface area contributed by atoms with Gasteiger partial charge in [0.2, 0.25) is 0 Å². The van der Waals surface area contributed by atoms with Crippen LogP contribution >= 0.6 is 0 Å². The van der Waals surface area contributed by atoms with E-state index in [-0.39, 0.29) is 11.0 Å². The number of aromatic nitrogens is 1. The summed E-state index contributed by atoms with van der Waals surface area (Å²) in [5, 5.41) is 5.96. The lowest BCUT2D eigenvalue weighted by Crippen LogP contribution is -2.30. The first-order valence-electron chi connectivity index (χ1n) is 7.96. The van der Waals surface area contributed by atoms with Crippen LogP contribution in [-0.4, -0.2) is 11.7 Å². The number of hydrogen-bond acceptors (Lipinski definition) is 3. The van der Waals surface area contributed by atoms with Crippen LogP contribution in [0.15, 0.2) is 39.6 Å². The molecule has 0 bridgehead atoms. The second kappa shape index (κ2) is 5.76. The van der Waals surface area contributed by atoms with Gasteiger partial charge in [0.1, 0.15) is 5.76 Å². The number of rotatable bonds is 2. The largest absolute Gasteiger partial charge is 0.383 e. The molecule has 3 rings (SSSR count). The molecule has 1 aromatic heterocycles. The Labute approximate surface area is 130 Å². The van der Waals surface area contributed by atoms with Gasteiger partial charge >= 0.3 is 0 Å². The Morgan fingerprint density at radius 1 is 1.18 bits per heavy atom. The number of nitrogens with one attached hydrogen (secondary N) is 2. The van der Waals surface area contributed by atoms with Gasteiger partial charge in [0.05, 0.1) is 0 Å². The molecule has 1 aliphatic heterocycles. The predicted molar refractivity (Wildman–Crippen MR) is 87.2 cm³/mol. The van der Waals surface area contributed by atoms with Gasteiger partial charge in [-0.15, -0.1) is 0 Å². The van der Waals surface area contributed by atoms with Gasteiger partial charge in [-0.05, 0) is 35.9 Å². The van der Waals surface area contributed by atoms with Crippen LogP contribution in [0, 0.1) is 0 Å². The third-order valence-electron chi connectivity index (χ3n) is 4.53. The molecule has 4 heteroatoms. The minimum atomic E-state index is -0.153. The first-order valence-corrected chi connectivity index (χ1v) is 7.96. The Bertz CT molecular complexity index is 676. The Hall–Kier alpha value is -1.81. The van der Waals surface area contributed by atoms with Crippen LogP contribution in [-0.2, 0) is 5.41 Å². The van der Waals surface area contributed by atoms with E-state index in [1.54, 1.807) is 6.07 Å². The third-order valence-corrected chi connectivity index (χ3v) is 4.53. The van der Waals surface area contributed by atoms with E-state index in [4.69, 9.17) is 4.52 Å². The molecule has 0 radical (unpaired) electrons. The van der Waals surface area contributed by atoms with Crippen molar-refractivity contribution in [1.82, 2.24) is 10.5 Å². The lowest BCUT2D eigenvalue weighted by Gasteiger charge is -2.30. The van der Waals surface area contributed by atoms with Gasteiger partial charge in [0, 0.05) is 18.0 Å². The second-order valence-electron chi connectivity index (χ2n) is 7.22. The fourth-order valence-corrected chi connectivity index (χ4v) is 3.14. The van der Waals surface area contributed by atoms with Gasteiger partial charge in [-0.25, -0.2) is 0 Å². The van der Waals surface area contributed by atoms with E-state index < -0.39 is 0 Å². The van der Waals surface area contributed by atoms with E-state index in [2.05, 4.69) is 55.5 Å². The SMILES string of the molecule is CC(C)(C)c1ccc(C2CC(c3cc(=O)[nH]o3)CCN2)cc1. The first kappa shape index (κ1) is 15.1. The van der Waals surface area contributed by atoms with Crippen molar-refractivity contribution in [2.45, 2.75) is 51.0 Å². The van der Waals surface area contributed by atoms with Crippen molar-refractivity contribution >= 4 is 0 Å². The average molecular weight is 300 g/mol. The van der Waals surface area contributed by atoms with Gasteiger partial charge in [0.25, 0.3) is 5.56 Å². The van der Waals surface area contributed by atoms with Crippen LogP contribution in [0.1, 0.15) is 62.5 Å². The predicted octanol–water partition coefficient (Wildman–Crippen LogP) is 3.47. The van der Waals surface area contributed by atoms with Gasteiger partial charge in [-0.1, -0.05) is 45.0 Å². The average Bonchev–Trinajstić information content (AvgIpc) is 2.93. The quantitative estimate of drug-likeness (QED) is 0.893. The molecule has 0 spiro atoms. The number of benzene rings is 1. The van der Waals surface area contributed by atoms with Crippen molar-refractivity contribution in [3.63, 3.8) is 0 Å². The monoisotopic (exact) mass is 300 g/mol. The Kier molecular flexibility index (Phi) is 3.96. The minimum Gasteiger partial charge on any atom is -0.383 e. The molecule has 2 heterocycles. The fraction of sp³-hybridized carbons (Fsp3) is 0.500. The highest BCUT2D eigenvalue weighted by Crippen LogP contribution is 2.34. The van der Waals surface area contributed by atoms with Crippen molar-refractivity contribution in [1.29, 1.82) is 0 Å². The maximum Gasteiger partial charge on any atom is 0.280 e. The van der Waals surface area contributed by atoms with Crippen molar-refractivity contribution in [3.05, 3.63) is 57.6 Å². The van der Waals surface area contributed by atoms with Gasteiger partial charge < -0.3 is 9.84 Å². The van der Waals surface area contributed by atoms with Crippen LogP contribution in [0.4, 0.5) is 0 Å². The molecule has 0 aliphatic carbocycles. The van der Waals surface area contributed by atoms with Crippen LogP contribution in [0.25, 0.3) is 0 Å². The van der Waals surface area contributed by atoms with Crippen molar-refractivity contribution in [3.8, 4) is 0 Å². The molecule has 118 valence electrons. The summed E-state index contributed by atoms with van der Waals surface area (Å²) >= 11 is 0. The highest BCUT2D eigenvalue weighted by atomic mass is 16.5. The minimum absolute atomic E-state index is 0.153. The zero-order valence-electron chi connectivity index (χ0n) is 13.5. The van der Waals surface area contributed by atoms with E-state index in [0.29, 0.717) is 12.0 Å². The Balaban J connectivity index is 1.76. The maximum absolute atomic E-state index is 11.3. The molecule has 0 saturated carbocycles. The van der Waals surface area contributed by atoms with E-state index in [1.807, 2.05) is 0 Å². The molecular weight excluding hydrogens is 276 g/mol. The van der Waals surface area contributed by atoms with Crippen molar-refractivity contribution in [2.75, 3.05) is 6.54 Å². The van der Waals surface area contributed by atoms with Crippen LogP contribution in [0.2, 0.25) is 0 Å². The topological polar surface area (TPSA) is 58.0 Å². The van der Waals surface area contributed by atoms with Gasteiger partial charge in [-0.3, -0.25) is 4.79 Å². The van der Waals surface area contributed by atoms with Gasteiger partial charge in [-0.2, -0.15) is 5.16 Å². The molecule has 1 aromatic carbocycles. The summed E-state index contributed by atoms with van der Waals surface area (Å²) in [7, 11) is 0.